The molecule has 0 rings (SSSR count). The summed E-state index contributed by atoms with van der Waals surface area (Å²) in [5, 5.41) is 1.07. The molecule has 0 atom stereocenters. The third kappa shape index (κ3) is 6.18. The quantitative estimate of drug-likeness (QED) is 0.492. The minimum absolute atomic E-state index is 0.228. The fourth-order valence-electron chi connectivity index (χ4n) is 1.68. The number of nitrogens with zero attached hydrogens (tertiary/aromatic N) is 1. The molecule has 0 aromatic rings. The van der Waals surface area contributed by atoms with E-state index < -0.39 is 0 Å². The summed E-state index contributed by atoms with van der Waals surface area (Å²) in [6.45, 7) is 5.08. The highest BCUT2D eigenvalue weighted by molar-refractivity contribution is 9.09. The minimum Gasteiger partial charge on any atom is -0.346 e. The number of unbranched alkanes of at least 4 members (excludes halogenated alkanes) is 2. The summed E-state index contributed by atoms with van der Waals surface area (Å²) in [5.41, 5.74) is 0. The van der Waals surface area contributed by atoms with Gasteiger partial charge in [0.25, 0.3) is 0 Å². The first-order chi connectivity index (χ1) is 7.17. The molecule has 0 unspecified atom stereocenters. The number of rotatable bonds is 8. The number of carbonyl (C=O) groups excluding carboxylic acids is 1. The topological polar surface area (TPSA) is 20.3 Å². The third-order valence-corrected chi connectivity index (χ3v) is 3.40. The summed E-state index contributed by atoms with van der Waals surface area (Å²) in [7, 11) is 1.93. The average molecular weight is 278 g/mol. The van der Waals surface area contributed by atoms with Crippen LogP contribution in [0.4, 0.5) is 0 Å². The van der Waals surface area contributed by atoms with Crippen molar-refractivity contribution in [3.63, 3.8) is 0 Å². The number of hydrogen-bond acceptors (Lipinski definition) is 1. The van der Waals surface area contributed by atoms with Crippen LogP contribution >= 0.6 is 15.9 Å². The van der Waals surface area contributed by atoms with Crippen molar-refractivity contribution in [2.24, 2.45) is 5.92 Å². The number of amides is 1. The number of alkyl halides is 1. The predicted molar refractivity (Wildman–Crippen MR) is 69.4 cm³/mol. The van der Waals surface area contributed by atoms with E-state index in [2.05, 4.69) is 29.8 Å². The van der Waals surface area contributed by atoms with Crippen molar-refractivity contribution in [2.45, 2.75) is 46.0 Å². The van der Waals surface area contributed by atoms with E-state index in [0.29, 0.717) is 5.91 Å². The van der Waals surface area contributed by atoms with Crippen LogP contribution in [0.15, 0.2) is 0 Å². The lowest BCUT2D eigenvalue weighted by Crippen LogP contribution is -2.33. The molecule has 0 bridgehead atoms. The van der Waals surface area contributed by atoms with E-state index in [-0.39, 0.29) is 5.92 Å². The Hall–Kier alpha value is -0.0500. The second-order valence-electron chi connectivity index (χ2n) is 4.02. The zero-order valence-corrected chi connectivity index (χ0v) is 11.8. The van der Waals surface area contributed by atoms with Gasteiger partial charge in [-0.25, -0.2) is 0 Å². The SMILES string of the molecule is CCC(CC)C(=O)N(C)CCCCCBr. The minimum atomic E-state index is 0.228. The van der Waals surface area contributed by atoms with E-state index in [1.165, 1.54) is 12.8 Å². The molecule has 0 aromatic heterocycles. The van der Waals surface area contributed by atoms with Crippen LogP contribution in [0.3, 0.4) is 0 Å². The molecule has 0 saturated carbocycles. The van der Waals surface area contributed by atoms with Gasteiger partial charge in [0, 0.05) is 24.8 Å². The maximum absolute atomic E-state index is 11.9. The van der Waals surface area contributed by atoms with Crippen molar-refractivity contribution in [1.82, 2.24) is 4.90 Å². The molecule has 2 nitrogen and oxygen atoms in total. The van der Waals surface area contributed by atoms with Crippen LogP contribution in [-0.4, -0.2) is 29.7 Å². The molecule has 0 fully saturated rings. The van der Waals surface area contributed by atoms with Crippen LogP contribution in [0.25, 0.3) is 0 Å². The molecule has 15 heavy (non-hydrogen) atoms. The van der Waals surface area contributed by atoms with Crippen LogP contribution < -0.4 is 0 Å². The molecule has 3 heteroatoms. The van der Waals surface area contributed by atoms with Gasteiger partial charge in [-0.2, -0.15) is 0 Å². The van der Waals surface area contributed by atoms with Crippen molar-refractivity contribution in [3.8, 4) is 0 Å². The predicted octanol–water partition coefficient (Wildman–Crippen LogP) is 3.45. The normalized spacial score (nSPS) is 10.7. The molecule has 90 valence electrons. The maximum atomic E-state index is 11.9. The molecule has 0 N–H and O–H groups in total. The van der Waals surface area contributed by atoms with Gasteiger partial charge in [-0.3, -0.25) is 4.79 Å². The zero-order chi connectivity index (χ0) is 11.7. The molecule has 0 aliphatic rings. The molecular weight excluding hydrogens is 254 g/mol. The first-order valence-electron chi connectivity index (χ1n) is 5.98. The van der Waals surface area contributed by atoms with Crippen molar-refractivity contribution >= 4 is 21.8 Å². The first-order valence-corrected chi connectivity index (χ1v) is 7.10. The molecule has 0 radical (unpaired) electrons. The lowest BCUT2D eigenvalue weighted by Gasteiger charge is -2.22. The monoisotopic (exact) mass is 277 g/mol. The molecule has 0 aromatic carbocycles. The van der Waals surface area contributed by atoms with Gasteiger partial charge in [-0.05, 0) is 25.7 Å². The highest BCUT2D eigenvalue weighted by atomic mass is 79.9. The van der Waals surface area contributed by atoms with Gasteiger partial charge in [-0.1, -0.05) is 36.2 Å². The van der Waals surface area contributed by atoms with Crippen molar-refractivity contribution in [3.05, 3.63) is 0 Å². The fourth-order valence-corrected chi connectivity index (χ4v) is 2.08. The summed E-state index contributed by atoms with van der Waals surface area (Å²) in [4.78, 5) is 13.8. The zero-order valence-electron chi connectivity index (χ0n) is 10.3. The van der Waals surface area contributed by atoms with E-state index in [9.17, 15) is 4.79 Å². The standard InChI is InChI=1S/C12H24BrNO/c1-4-11(5-2)12(15)14(3)10-8-6-7-9-13/h11H,4-10H2,1-3H3. The van der Waals surface area contributed by atoms with Crippen LogP contribution in [0.2, 0.25) is 0 Å². The summed E-state index contributed by atoms with van der Waals surface area (Å²) >= 11 is 3.41. The van der Waals surface area contributed by atoms with E-state index in [4.69, 9.17) is 0 Å². The lowest BCUT2D eigenvalue weighted by atomic mass is 10.0. The van der Waals surface area contributed by atoms with Crippen LogP contribution in [0, 0.1) is 5.92 Å². The highest BCUT2D eigenvalue weighted by Crippen LogP contribution is 2.11. The van der Waals surface area contributed by atoms with Gasteiger partial charge >= 0.3 is 0 Å². The second kappa shape index (κ2) is 9.20. The Morgan fingerprint density at radius 3 is 2.27 bits per heavy atom. The molecular formula is C12H24BrNO. The smallest absolute Gasteiger partial charge is 0.225 e. The van der Waals surface area contributed by atoms with Gasteiger partial charge in [-0.15, -0.1) is 0 Å². The first kappa shape index (κ1) is 14.9. The summed E-state index contributed by atoms with van der Waals surface area (Å²) in [6, 6.07) is 0. The van der Waals surface area contributed by atoms with Crippen LogP contribution in [-0.2, 0) is 4.79 Å². The van der Waals surface area contributed by atoms with Crippen molar-refractivity contribution in [2.75, 3.05) is 18.9 Å². The van der Waals surface area contributed by atoms with Gasteiger partial charge in [0.2, 0.25) is 5.91 Å². The van der Waals surface area contributed by atoms with E-state index in [1.54, 1.807) is 0 Å². The fraction of sp³-hybridized carbons (Fsp3) is 0.917. The maximum Gasteiger partial charge on any atom is 0.225 e. The Morgan fingerprint density at radius 2 is 1.80 bits per heavy atom. The molecule has 0 heterocycles. The van der Waals surface area contributed by atoms with E-state index in [1.807, 2.05) is 11.9 Å². The lowest BCUT2D eigenvalue weighted by molar-refractivity contribution is -0.134. The Kier molecular flexibility index (Phi) is 9.17. The Balaban J connectivity index is 3.77. The average Bonchev–Trinajstić information content (AvgIpc) is 2.25. The molecule has 1 amide bonds. The summed E-state index contributed by atoms with van der Waals surface area (Å²) < 4.78 is 0. The molecule has 0 spiro atoms. The van der Waals surface area contributed by atoms with Crippen molar-refractivity contribution < 1.29 is 4.79 Å². The Bertz CT molecular complexity index is 169. The van der Waals surface area contributed by atoms with Crippen molar-refractivity contribution in [1.29, 1.82) is 0 Å². The van der Waals surface area contributed by atoms with E-state index in [0.717, 1.165) is 31.1 Å². The van der Waals surface area contributed by atoms with Crippen LogP contribution in [0.1, 0.15) is 46.0 Å². The third-order valence-electron chi connectivity index (χ3n) is 2.84. The van der Waals surface area contributed by atoms with Gasteiger partial charge in [0.15, 0.2) is 0 Å². The molecule has 0 saturated heterocycles. The number of carbonyl (C=O) groups is 1. The molecule has 0 aliphatic carbocycles. The van der Waals surface area contributed by atoms with Gasteiger partial charge in [0.05, 0.1) is 0 Å². The largest absolute Gasteiger partial charge is 0.346 e. The van der Waals surface area contributed by atoms with Gasteiger partial charge < -0.3 is 4.90 Å². The second-order valence-corrected chi connectivity index (χ2v) is 4.82. The summed E-state index contributed by atoms with van der Waals surface area (Å²) in [5.74, 6) is 0.546. The number of hydrogen-bond donors (Lipinski definition) is 0. The van der Waals surface area contributed by atoms with Crippen LogP contribution in [0.5, 0.6) is 0 Å². The Labute approximate surface area is 103 Å². The highest BCUT2D eigenvalue weighted by Gasteiger charge is 2.17. The number of halogens is 1. The molecule has 0 aliphatic heterocycles. The van der Waals surface area contributed by atoms with Gasteiger partial charge in [0.1, 0.15) is 0 Å². The Morgan fingerprint density at radius 1 is 1.20 bits per heavy atom. The summed E-state index contributed by atoms with van der Waals surface area (Å²) in [6.07, 6.45) is 5.44. The van der Waals surface area contributed by atoms with E-state index >= 15 is 0 Å².